The molecule has 6 atom stereocenters. The lowest BCUT2D eigenvalue weighted by atomic mass is 9.82. The van der Waals surface area contributed by atoms with E-state index in [1.807, 2.05) is 51.1 Å². The normalized spacial score (nSPS) is 13.7. The zero-order valence-electron chi connectivity index (χ0n) is 45.8. The Kier molecular flexibility index (Phi) is 25.2. The number of carbonyl (C=O) groups is 10. The Morgan fingerprint density at radius 3 is 1.96 bits per heavy atom. The molecule has 3 aromatic rings. The first-order valence-corrected chi connectivity index (χ1v) is 25.8. The number of nitrogens with zero attached hydrogens (tertiary/aromatic N) is 3. The van der Waals surface area contributed by atoms with Crippen LogP contribution in [-0.4, -0.2) is 146 Å². The number of rotatable bonds is 31. The van der Waals surface area contributed by atoms with Crippen LogP contribution in [0.1, 0.15) is 124 Å². The molecule has 428 valence electrons. The first kappa shape index (κ1) is 64.7. The summed E-state index contributed by atoms with van der Waals surface area (Å²) in [6.45, 7) is 11.6. The fraction of sp³-hybridized carbons (Fsp3) is 0.527. The Morgan fingerprint density at radius 1 is 0.731 bits per heavy atom. The minimum Gasteiger partial charge on any atom is -0.481 e. The number of aliphatic carboxylic acids is 2. The van der Waals surface area contributed by atoms with Crippen LogP contribution in [0.4, 0.5) is 8.78 Å². The Bertz CT molecular complexity index is 2600. The summed E-state index contributed by atoms with van der Waals surface area (Å²) >= 11 is 0. The summed E-state index contributed by atoms with van der Waals surface area (Å²) in [5.41, 5.74) is 0.572. The number of carboxylic acids is 2. The molecular formula is C55H76F2N8O13. The smallest absolute Gasteiger partial charge is 0.326 e. The molecule has 21 nitrogen and oxygen atoms in total. The lowest BCUT2D eigenvalue weighted by Gasteiger charge is -2.41. The number of aromatic nitrogens is 1. The molecule has 0 spiro atoms. The summed E-state index contributed by atoms with van der Waals surface area (Å²) in [6, 6.07) is 6.16. The molecule has 7 amide bonds. The van der Waals surface area contributed by atoms with E-state index in [1.54, 1.807) is 30.7 Å². The van der Waals surface area contributed by atoms with Gasteiger partial charge in [0, 0.05) is 75.4 Å². The van der Waals surface area contributed by atoms with Gasteiger partial charge in [-0.2, -0.15) is 0 Å². The number of ketones is 1. The van der Waals surface area contributed by atoms with Crippen molar-refractivity contribution in [1.82, 2.24) is 41.0 Å². The summed E-state index contributed by atoms with van der Waals surface area (Å²) < 4.78 is 31.8. The number of hydrogen-bond acceptors (Lipinski definition) is 11. The minimum atomic E-state index is -1.55. The molecule has 1 heterocycles. The summed E-state index contributed by atoms with van der Waals surface area (Å²) in [5, 5.41) is 41.8. The number of carboxylic acid groups (broad SMARTS) is 2. The number of aliphatic hydroxyl groups excluding tert-OH is 1. The van der Waals surface area contributed by atoms with Gasteiger partial charge in [0.25, 0.3) is 0 Å². The van der Waals surface area contributed by atoms with Gasteiger partial charge in [0.05, 0.1) is 6.04 Å². The highest BCUT2D eigenvalue weighted by molar-refractivity contribution is 5.95. The molecule has 2 aromatic carbocycles. The predicted molar refractivity (Wildman–Crippen MR) is 283 cm³/mol. The van der Waals surface area contributed by atoms with E-state index in [2.05, 4.69) is 26.6 Å². The van der Waals surface area contributed by atoms with Crippen LogP contribution in [0.15, 0.2) is 60.8 Å². The first-order valence-electron chi connectivity index (χ1n) is 25.8. The highest BCUT2D eigenvalue weighted by Gasteiger charge is 2.39. The van der Waals surface area contributed by atoms with Gasteiger partial charge >= 0.3 is 11.9 Å². The molecule has 8 N–H and O–H groups in total. The summed E-state index contributed by atoms with van der Waals surface area (Å²) in [7, 11) is 1.34. The topological polar surface area (TPSA) is 303 Å². The second-order valence-corrected chi connectivity index (χ2v) is 20.8. The Morgan fingerprint density at radius 2 is 1.37 bits per heavy atom. The van der Waals surface area contributed by atoms with E-state index >= 15 is 4.39 Å². The van der Waals surface area contributed by atoms with Crippen molar-refractivity contribution in [3.63, 3.8) is 0 Å². The third-order valence-corrected chi connectivity index (χ3v) is 12.8. The van der Waals surface area contributed by atoms with Crippen LogP contribution in [0.5, 0.6) is 0 Å². The molecular weight excluding hydrogens is 1020 g/mol. The molecule has 1 aromatic heterocycles. The molecule has 0 saturated carbocycles. The maximum absolute atomic E-state index is 15.4. The average molecular weight is 1100 g/mol. The van der Waals surface area contributed by atoms with Crippen molar-refractivity contribution in [2.24, 2.45) is 11.3 Å². The van der Waals surface area contributed by atoms with Crippen molar-refractivity contribution >= 4 is 59.1 Å². The molecule has 0 saturated heterocycles. The number of halogens is 2. The number of nitrogens with one attached hydrogen (secondary N) is 5. The summed E-state index contributed by atoms with van der Waals surface area (Å²) in [5.74, 6) is -9.80. The monoisotopic (exact) mass is 1090 g/mol. The van der Waals surface area contributed by atoms with E-state index in [4.69, 9.17) is 5.11 Å². The number of amides is 7. The standard InChI is InChI=1S/C55H76F2N8O13/c1-32(2)26-43(62-50(73)35(5)63(9)53(76)34(4)59-45(68)17-13-14-33(3)67)52(75)61-41(51(74)58-24-22-46(69)60-42(54(77)78)20-21-48(71)72)23-25-65(47(70)31-66)49(55(6,7)8)44-27-37(39-28-38(56)18-19-40(39)57)30-64(44)29-36-15-11-10-12-16-36/h10-12,15-16,18-19,27-28,30,32,34-35,41-43,49,66H,13-14,17,20-26,29,31H2,1-9H3,(H,58,74)(H,59,68)(H,60,69)(H,61,75)(H,62,73)(H,71,72)(H,77,78)/t34-,35-,41-,42+,43-,49-/m0/s1. The van der Waals surface area contributed by atoms with Crippen molar-refractivity contribution < 1.29 is 72.0 Å². The molecule has 23 heteroatoms. The second kappa shape index (κ2) is 30.4. The molecule has 0 unspecified atom stereocenters. The maximum atomic E-state index is 15.4. The molecule has 0 aliphatic rings. The highest BCUT2D eigenvalue weighted by Crippen LogP contribution is 2.41. The molecule has 0 radical (unpaired) electrons. The number of benzene rings is 2. The highest BCUT2D eigenvalue weighted by atomic mass is 19.1. The van der Waals surface area contributed by atoms with Crippen LogP contribution in [0, 0.1) is 23.0 Å². The first-order chi connectivity index (χ1) is 36.5. The van der Waals surface area contributed by atoms with Gasteiger partial charge in [0.1, 0.15) is 54.2 Å². The average Bonchev–Trinajstić information content (AvgIpc) is 3.76. The number of Topliss-reactive ketones (excluding diaryl/α,β-unsaturated/α-hetero) is 1. The Balaban J connectivity index is 2.05. The largest absolute Gasteiger partial charge is 0.481 e. The number of aliphatic hydroxyl groups is 1. The molecule has 78 heavy (non-hydrogen) atoms. The van der Waals surface area contributed by atoms with E-state index < -0.39 is 139 Å². The van der Waals surface area contributed by atoms with Gasteiger partial charge in [0.2, 0.25) is 41.4 Å². The van der Waals surface area contributed by atoms with Crippen LogP contribution in [-0.2, 0) is 54.5 Å². The van der Waals surface area contributed by atoms with E-state index in [1.165, 1.54) is 32.7 Å². The van der Waals surface area contributed by atoms with Gasteiger partial charge in [-0.25, -0.2) is 13.6 Å². The fourth-order valence-corrected chi connectivity index (χ4v) is 8.66. The number of likely N-dealkylation sites (N-methyl/N-ethyl adjacent to an activating group) is 1. The Labute approximate surface area is 453 Å². The van der Waals surface area contributed by atoms with Crippen LogP contribution < -0.4 is 26.6 Å². The number of hydrogen-bond donors (Lipinski definition) is 8. The molecule has 0 aliphatic carbocycles. The third-order valence-electron chi connectivity index (χ3n) is 12.8. The molecule has 0 bridgehead atoms. The SMILES string of the molecule is CC(=O)CCCC(=O)N[C@@H](C)C(=O)N(C)[C@@H](C)C(=O)N[C@@H](CC(C)C)C(=O)N[C@@H](CCN(C(=O)CO)[C@@H](c1cc(-c2cc(F)ccc2F)cn1Cc1ccccc1)C(C)(C)C)C(=O)NCCC(=O)N[C@H](CCC(=O)O)C(=O)O. The molecule has 0 fully saturated rings. The van der Waals surface area contributed by atoms with Gasteiger partial charge in [-0.15, -0.1) is 0 Å². The quantitative estimate of drug-likeness (QED) is 0.0455. The zero-order chi connectivity index (χ0) is 58.6. The lowest BCUT2D eigenvalue weighted by molar-refractivity contribution is -0.143. The molecule has 3 rings (SSSR count). The van der Waals surface area contributed by atoms with E-state index in [0.717, 1.165) is 28.7 Å². The zero-order valence-corrected chi connectivity index (χ0v) is 45.8. The van der Waals surface area contributed by atoms with E-state index in [-0.39, 0.29) is 68.0 Å². The summed E-state index contributed by atoms with van der Waals surface area (Å²) in [6.07, 6.45) is 0.278. The van der Waals surface area contributed by atoms with Crippen LogP contribution in [0.25, 0.3) is 11.1 Å². The van der Waals surface area contributed by atoms with E-state index in [0.29, 0.717) is 5.69 Å². The summed E-state index contributed by atoms with van der Waals surface area (Å²) in [4.78, 5) is 132. The fourth-order valence-electron chi connectivity index (χ4n) is 8.66. The van der Waals surface area contributed by atoms with Crippen LogP contribution >= 0.6 is 0 Å². The van der Waals surface area contributed by atoms with Crippen molar-refractivity contribution in [3.8, 4) is 11.1 Å². The van der Waals surface area contributed by atoms with E-state index in [9.17, 15) is 62.5 Å². The second-order valence-electron chi connectivity index (χ2n) is 20.8. The Hall–Kier alpha value is -7.56. The van der Waals surface area contributed by atoms with Gasteiger partial charge in [-0.05, 0) is 87.6 Å². The van der Waals surface area contributed by atoms with Gasteiger partial charge in [-0.1, -0.05) is 65.0 Å². The lowest BCUT2D eigenvalue weighted by Crippen LogP contribution is -2.58. The van der Waals surface area contributed by atoms with Crippen molar-refractivity contribution in [2.75, 3.05) is 26.7 Å². The van der Waals surface area contributed by atoms with Gasteiger partial charge < -0.3 is 61.1 Å². The van der Waals surface area contributed by atoms with Crippen LogP contribution in [0.3, 0.4) is 0 Å². The van der Waals surface area contributed by atoms with Crippen LogP contribution in [0.2, 0.25) is 0 Å². The van der Waals surface area contributed by atoms with Crippen molar-refractivity contribution in [2.45, 2.75) is 150 Å². The molecule has 0 aliphatic heterocycles. The third kappa shape index (κ3) is 20.4. The van der Waals surface area contributed by atoms with Gasteiger partial charge in [0.15, 0.2) is 0 Å². The minimum absolute atomic E-state index is 0.00226. The number of carbonyl (C=O) groups excluding carboxylic acids is 8. The maximum Gasteiger partial charge on any atom is 0.326 e. The van der Waals surface area contributed by atoms with Crippen molar-refractivity contribution in [1.29, 1.82) is 0 Å². The van der Waals surface area contributed by atoms with Gasteiger partial charge in [-0.3, -0.25) is 38.4 Å². The predicted octanol–water partition coefficient (Wildman–Crippen LogP) is 3.85. The van der Waals surface area contributed by atoms with Crippen molar-refractivity contribution in [3.05, 3.63) is 83.7 Å².